The van der Waals surface area contributed by atoms with Crippen LogP contribution in [0.15, 0.2) is 12.1 Å². The van der Waals surface area contributed by atoms with Crippen molar-refractivity contribution in [1.29, 1.82) is 0 Å². The van der Waals surface area contributed by atoms with Crippen LogP contribution in [0.5, 0.6) is 11.5 Å². The number of hydrogen-bond acceptors (Lipinski definition) is 4. The van der Waals surface area contributed by atoms with Crippen LogP contribution in [0.1, 0.15) is 19.4 Å². The molecule has 0 atom stereocenters. The lowest BCUT2D eigenvalue weighted by Gasteiger charge is -2.20. The summed E-state index contributed by atoms with van der Waals surface area (Å²) in [5.41, 5.74) is 5.47. The monoisotopic (exact) mass is 259 g/mol. The molecular formula is C12H18ClNO3. The molecule has 0 aromatic heterocycles. The van der Waals surface area contributed by atoms with Gasteiger partial charge in [-0.2, -0.15) is 0 Å². The summed E-state index contributed by atoms with van der Waals surface area (Å²) >= 11 is 6.08. The minimum atomic E-state index is -0.930. The summed E-state index contributed by atoms with van der Waals surface area (Å²) in [6, 6.07) is 3.50. The highest BCUT2D eigenvalue weighted by Crippen LogP contribution is 2.36. The second kappa shape index (κ2) is 5.58. The van der Waals surface area contributed by atoms with Crippen LogP contribution in [0.3, 0.4) is 0 Å². The molecule has 96 valence electrons. The van der Waals surface area contributed by atoms with Crippen LogP contribution in [0.25, 0.3) is 0 Å². The van der Waals surface area contributed by atoms with Crippen molar-refractivity contribution in [2.75, 3.05) is 13.7 Å². The van der Waals surface area contributed by atoms with Crippen molar-refractivity contribution < 1.29 is 14.6 Å². The number of hydrogen-bond donors (Lipinski definition) is 2. The van der Waals surface area contributed by atoms with Gasteiger partial charge in [-0.05, 0) is 31.5 Å². The van der Waals surface area contributed by atoms with Crippen LogP contribution in [0.4, 0.5) is 0 Å². The molecule has 0 saturated heterocycles. The Hall–Kier alpha value is -0.970. The van der Waals surface area contributed by atoms with Crippen LogP contribution in [0.2, 0.25) is 5.02 Å². The van der Waals surface area contributed by atoms with E-state index in [0.29, 0.717) is 23.1 Å². The molecule has 0 bridgehead atoms. The van der Waals surface area contributed by atoms with Gasteiger partial charge in [0.2, 0.25) is 0 Å². The molecule has 3 N–H and O–H groups in total. The number of ether oxygens (including phenoxy) is 2. The van der Waals surface area contributed by atoms with Crippen LogP contribution >= 0.6 is 11.6 Å². The highest BCUT2D eigenvalue weighted by Gasteiger charge is 2.17. The van der Waals surface area contributed by atoms with Gasteiger partial charge in [-0.15, -0.1) is 0 Å². The average molecular weight is 260 g/mol. The normalized spacial score (nSPS) is 11.4. The first-order valence-corrected chi connectivity index (χ1v) is 5.67. The first-order chi connectivity index (χ1) is 7.87. The number of aliphatic hydroxyl groups is 1. The van der Waals surface area contributed by atoms with Gasteiger partial charge < -0.3 is 20.3 Å². The van der Waals surface area contributed by atoms with E-state index in [2.05, 4.69) is 0 Å². The molecule has 0 saturated carbocycles. The highest BCUT2D eigenvalue weighted by molar-refractivity contribution is 6.32. The Labute approximate surface area is 106 Å². The van der Waals surface area contributed by atoms with Crippen LogP contribution < -0.4 is 15.2 Å². The Balaban J connectivity index is 2.98. The van der Waals surface area contributed by atoms with Crippen molar-refractivity contribution in [2.45, 2.75) is 26.0 Å². The minimum Gasteiger partial charge on any atom is -0.493 e. The summed E-state index contributed by atoms with van der Waals surface area (Å²) in [6.07, 6.45) is 0. The Morgan fingerprint density at radius 2 is 2.06 bits per heavy atom. The maximum Gasteiger partial charge on any atom is 0.179 e. The largest absolute Gasteiger partial charge is 0.493 e. The number of rotatable bonds is 5. The van der Waals surface area contributed by atoms with Gasteiger partial charge in [-0.1, -0.05) is 11.6 Å². The van der Waals surface area contributed by atoms with Crippen LogP contribution in [0, 0.1) is 0 Å². The van der Waals surface area contributed by atoms with E-state index in [1.807, 2.05) is 0 Å². The molecule has 17 heavy (non-hydrogen) atoms. The van der Waals surface area contributed by atoms with Crippen LogP contribution in [-0.2, 0) is 6.54 Å². The molecule has 1 aromatic rings. The van der Waals surface area contributed by atoms with E-state index in [1.165, 1.54) is 7.11 Å². The first kappa shape index (κ1) is 14.1. The SMILES string of the molecule is COc1cc(CN)cc(Cl)c1OCC(C)(C)O. The zero-order chi connectivity index (χ0) is 13.1. The Bertz CT molecular complexity index is 388. The smallest absolute Gasteiger partial charge is 0.179 e. The van der Waals surface area contributed by atoms with Gasteiger partial charge in [0, 0.05) is 6.54 Å². The van der Waals surface area contributed by atoms with Gasteiger partial charge in [0.15, 0.2) is 11.5 Å². The third-order valence-electron chi connectivity index (χ3n) is 2.09. The Kier molecular flexibility index (Phi) is 4.62. The predicted molar refractivity (Wildman–Crippen MR) is 67.7 cm³/mol. The molecule has 0 amide bonds. The summed E-state index contributed by atoms with van der Waals surface area (Å²) < 4.78 is 10.7. The van der Waals surface area contributed by atoms with E-state index >= 15 is 0 Å². The van der Waals surface area contributed by atoms with Gasteiger partial charge in [-0.25, -0.2) is 0 Å². The van der Waals surface area contributed by atoms with Gasteiger partial charge in [0.1, 0.15) is 6.61 Å². The van der Waals surface area contributed by atoms with Gasteiger partial charge in [0.05, 0.1) is 17.7 Å². The number of halogens is 1. The van der Waals surface area contributed by atoms with E-state index in [0.717, 1.165) is 5.56 Å². The third kappa shape index (κ3) is 4.07. The van der Waals surface area contributed by atoms with Crippen molar-refractivity contribution in [3.63, 3.8) is 0 Å². The molecule has 1 rings (SSSR count). The molecule has 5 heteroatoms. The molecule has 0 heterocycles. The number of nitrogens with two attached hydrogens (primary N) is 1. The summed E-state index contributed by atoms with van der Waals surface area (Å²) in [5.74, 6) is 0.940. The molecule has 1 aromatic carbocycles. The third-order valence-corrected chi connectivity index (χ3v) is 2.38. The summed E-state index contributed by atoms with van der Waals surface area (Å²) in [4.78, 5) is 0. The van der Waals surface area contributed by atoms with Crippen molar-refractivity contribution in [3.05, 3.63) is 22.7 Å². The maximum atomic E-state index is 9.61. The van der Waals surface area contributed by atoms with Gasteiger partial charge in [-0.3, -0.25) is 0 Å². The van der Waals surface area contributed by atoms with Crippen molar-refractivity contribution >= 4 is 11.6 Å². The lowest BCUT2D eigenvalue weighted by Crippen LogP contribution is -2.28. The molecule has 0 unspecified atom stereocenters. The number of methoxy groups -OCH3 is 1. The van der Waals surface area contributed by atoms with Crippen molar-refractivity contribution in [1.82, 2.24) is 0 Å². The summed E-state index contributed by atoms with van der Waals surface area (Å²) in [6.45, 7) is 3.82. The fourth-order valence-corrected chi connectivity index (χ4v) is 1.57. The lowest BCUT2D eigenvalue weighted by molar-refractivity contribution is 0.0276. The van der Waals surface area contributed by atoms with E-state index < -0.39 is 5.60 Å². The lowest BCUT2D eigenvalue weighted by atomic mass is 10.1. The van der Waals surface area contributed by atoms with E-state index in [1.54, 1.807) is 26.0 Å². The van der Waals surface area contributed by atoms with Crippen LogP contribution in [-0.4, -0.2) is 24.4 Å². The zero-order valence-electron chi connectivity index (χ0n) is 10.3. The fourth-order valence-electron chi connectivity index (χ4n) is 1.28. The fraction of sp³-hybridized carbons (Fsp3) is 0.500. The van der Waals surface area contributed by atoms with Gasteiger partial charge in [0.25, 0.3) is 0 Å². The molecule has 4 nitrogen and oxygen atoms in total. The second-order valence-electron chi connectivity index (χ2n) is 4.41. The molecular weight excluding hydrogens is 242 g/mol. The quantitative estimate of drug-likeness (QED) is 0.848. The van der Waals surface area contributed by atoms with Crippen molar-refractivity contribution in [2.24, 2.45) is 5.73 Å². The second-order valence-corrected chi connectivity index (χ2v) is 4.82. The van der Waals surface area contributed by atoms with Crippen molar-refractivity contribution in [3.8, 4) is 11.5 Å². The molecule has 0 aliphatic rings. The Morgan fingerprint density at radius 1 is 1.41 bits per heavy atom. The molecule has 0 aliphatic carbocycles. The summed E-state index contributed by atoms with van der Waals surface area (Å²) in [7, 11) is 1.53. The molecule has 0 fully saturated rings. The standard InChI is InChI=1S/C12H18ClNO3/c1-12(2,15)7-17-11-9(13)4-8(6-14)5-10(11)16-3/h4-5,15H,6-7,14H2,1-3H3. The minimum absolute atomic E-state index is 0.130. The first-order valence-electron chi connectivity index (χ1n) is 5.29. The van der Waals surface area contributed by atoms with E-state index in [-0.39, 0.29) is 6.61 Å². The molecule has 0 spiro atoms. The highest BCUT2D eigenvalue weighted by atomic mass is 35.5. The maximum absolute atomic E-state index is 9.61. The topological polar surface area (TPSA) is 64.7 Å². The molecule has 0 aliphatic heterocycles. The number of benzene rings is 1. The van der Waals surface area contributed by atoms with Gasteiger partial charge >= 0.3 is 0 Å². The average Bonchev–Trinajstić information content (AvgIpc) is 2.25. The van der Waals surface area contributed by atoms with E-state index in [9.17, 15) is 5.11 Å². The van der Waals surface area contributed by atoms with E-state index in [4.69, 9.17) is 26.8 Å². The Morgan fingerprint density at radius 3 is 2.53 bits per heavy atom. The molecule has 0 radical (unpaired) electrons. The summed E-state index contributed by atoms with van der Waals surface area (Å²) in [5, 5.41) is 10.0. The zero-order valence-corrected chi connectivity index (χ0v) is 11.0. The predicted octanol–water partition coefficient (Wildman–Crippen LogP) is 1.96.